The second kappa shape index (κ2) is 5.98. The fourth-order valence-electron chi connectivity index (χ4n) is 2.19. The zero-order valence-electron chi connectivity index (χ0n) is 10.7. The quantitative estimate of drug-likeness (QED) is 0.802. The number of hydrogen-bond donors (Lipinski definition) is 1. The van der Waals surface area contributed by atoms with Crippen LogP contribution in [0, 0.1) is 6.92 Å². The van der Waals surface area contributed by atoms with E-state index in [1.165, 1.54) is 5.56 Å². The summed E-state index contributed by atoms with van der Waals surface area (Å²) in [6.45, 7) is 5.85. The SMILES string of the molecule is Cc1ccc(C(O)CN2CCN(C=O)CC2)cc1. The van der Waals surface area contributed by atoms with Crippen LogP contribution in [0.1, 0.15) is 17.2 Å². The Bertz CT molecular complexity index is 383. The predicted octanol–water partition coefficient (Wildman–Crippen LogP) is 0.802. The summed E-state index contributed by atoms with van der Waals surface area (Å²) in [6.07, 6.45) is 0.446. The first-order valence-corrected chi connectivity index (χ1v) is 6.35. The van der Waals surface area contributed by atoms with Crippen LogP contribution in [0.4, 0.5) is 0 Å². The van der Waals surface area contributed by atoms with Crippen LogP contribution in [0.2, 0.25) is 0 Å². The van der Waals surface area contributed by atoms with Crippen molar-refractivity contribution in [3.63, 3.8) is 0 Å². The lowest BCUT2D eigenvalue weighted by molar-refractivity contribution is -0.119. The molecule has 0 radical (unpaired) electrons. The summed E-state index contributed by atoms with van der Waals surface area (Å²) in [5.41, 5.74) is 2.16. The van der Waals surface area contributed by atoms with Gasteiger partial charge < -0.3 is 10.0 Å². The van der Waals surface area contributed by atoms with Crippen LogP contribution < -0.4 is 0 Å². The van der Waals surface area contributed by atoms with Crippen molar-refractivity contribution in [2.45, 2.75) is 13.0 Å². The first-order chi connectivity index (χ1) is 8.69. The van der Waals surface area contributed by atoms with Crippen LogP contribution in [-0.4, -0.2) is 54.0 Å². The highest BCUT2D eigenvalue weighted by Crippen LogP contribution is 2.15. The molecule has 1 fully saturated rings. The predicted molar refractivity (Wildman–Crippen MR) is 70.2 cm³/mol. The number of β-amino-alcohol motifs (C(OH)–C–C–N with tert-alkyl or cyclic N) is 1. The van der Waals surface area contributed by atoms with Crippen LogP contribution in [0.5, 0.6) is 0 Å². The highest BCUT2D eigenvalue weighted by atomic mass is 16.3. The van der Waals surface area contributed by atoms with Gasteiger partial charge in [0, 0.05) is 32.7 Å². The maximum Gasteiger partial charge on any atom is 0.209 e. The Morgan fingerprint density at radius 3 is 2.39 bits per heavy atom. The standard InChI is InChI=1S/C14H20N2O2/c1-12-2-4-13(5-3-12)14(18)10-15-6-8-16(11-17)9-7-15/h2-5,11,14,18H,6-10H2,1H3. The summed E-state index contributed by atoms with van der Waals surface area (Å²) in [4.78, 5) is 14.6. The normalized spacial score (nSPS) is 18.7. The smallest absolute Gasteiger partial charge is 0.209 e. The molecule has 1 aliphatic heterocycles. The van der Waals surface area contributed by atoms with E-state index >= 15 is 0 Å². The first kappa shape index (κ1) is 13.1. The zero-order valence-corrected chi connectivity index (χ0v) is 10.7. The number of rotatable bonds is 4. The first-order valence-electron chi connectivity index (χ1n) is 6.35. The number of aliphatic hydroxyl groups excluding tert-OH is 1. The van der Waals surface area contributed by atoms with E-state index in [4.69, 9.17) is 0 Å². The van der Waals surface area contributed by atoms with Gasteiger partial charge in [-0.3, -0.25) is 9.69 Å². The molecule has 1 amide bonds. The molecule has 98 valence electrons. The lowest BCUT2D eigenvalue weighted by atomic mass is 10.1. The van der Waals surface area contributed by atoms with Crippen molar-refractivity contribution in [3.8, 4) is 0 Å². The lowest BCUT2D eigenvalue weighted by Gasteiger charge is -2.33. The van der Waals surface area contributed by atoms with Crippen molar-refractivity contribution in [1.82, 2.24) is 9.80 Å². The van der Waals surface area contributed by atoms with Gasteiger partial charge in [-0.1, -0.05) is 29.8 Å². The minimum atomic E-state index is -0.451. The van der Waals surface area contributed by atoms with E-state index in [2.05, 4.69) is 4.90 Å². The van der Waals surface area contributed by atoms with Crippen LogP contribution in [0.15, 0.2) is 24.3 Å². The highest BCUT2D eigenvalue weighted by Gasteiger charge is 2.18. The van der Waals surface area contributed by atoms with Crippen LogP contribution in [0.25, 0.3) is 0 Å². The van der Waals surface area contributed by atoms with E-state index in [0.717, 1.165) is 38.2 Å². The molecule has 1 aromatic carbocycles. The monoisotopic (exact) mass is 248 g/mol. The molecule has 1 aromatic rings. The lowest BCUT2D eigenvalue weighted by Crippen LogP contribution is -2.46. The maximum atomic E-state index is 10.6. The number of benzene rings is 1. The Balaban J connectivity index is 1.86. The number of hydrogen-bond acceptors (Lipinski definition) is 3. The fourth-order valence-corrected chi connectivity index (χ4v) is 2.19. The number of nitrogens with zero attached hydrogens (tertiary/aromatic N) is 2. The Labute approximate surface area is 108 Å². The van der Waals surface area contributed by atoms with Gasteiger partial charge in [0.15, 0.2) is 0 Å². The minimum absolute atomic E-state index is 0.451. The van der Waals surface area contributed by atoms with Crippen molar-refractivity contribution in [2.75, 3.05) is 32.7 Å². The average Bonchev–Trinajstić information content (AvgIpc) is 2.40. The highest BCUT2D eigenvalue weighted by molar-refractivity contribution is 5.47. The van der Waals surface area contributed by atoms with Gasteiger partial charge in [0.05, 0.1) is 6.10 Å². The Morgan fingerprint density at radius 1 is 1.22 bits per heavy atom. The minimum Gasteiger partial charge on any atom is -0.387 e. The number of carbonyl (C=O) groups is 1. The number of piperazine rings is 1. The molecule has 0 saturated carbocycles. The molecule has 1 unspecified atom stereocenters. The molecule has 4 nitrogen and oxygen atoms in total. The Kier molecular flexibility index (Phi) is 4.33. The third-order valence-electron chi connectivity index (χ3n) is 3.45. The molecule has 1 N–H and O–H groups in total. The molecule has 4 heteroatoms. The molecule has 0 bridgehead atoms. The van der Waals surface area contributed by atoms with Crippen LogP contribution in [0.3, 0.4) is 0 Å². The summed E-state index contributed by atoms with van der Waals surface area (Å²) >= 11 is 0. The van der Waals surface area contributed by atoms with Crippen molar-refractivity contribution in [3.05, 3.63) is 35.4 Å². The summed E-state index contributed by atoms with van der Waals surface area (Å²) in [6, 6.07) is 7.98. The van der Waals surface area contributed by atoms with Gasteiger partial charge in [0.25, 0.3) is 0 Å². The molecule has 1 aliphatic rings. The van der Waals surface area contributed by atoms with E-state index in [1.54, 1.807) is 4.90 Å². The van der Waals surface area contributed by atoms with Gasteiger partial charge in [-0.2, -0.15) is 0 Å². The molecule has 1 atom stereocenters. The van der Waals surface area contributed by atoms with Gasteiger partial charge in [-0.05, 0) is 12.5 Å². The molecule has 0 aromatic heterocycles. The molecular formula is C14H20N2O2. The third-order valence-corrected chi connectivity index (χ3v) is 3.45. The maximum absolute atomic E-state index is 10.6. The Hall–Kier alpha value is -1.39. The van der Waals surface area contributed by atoms with Crippen molar-refractivity contribution in [1.29, 1.82) is 0 Å². The van der Waals surface area contributed by atoms with Gasteiger partial charge in [0.2, 0.25) is 6.41 Å². The van der Waals surface area contributed by atoms with E-state index < -0.39 is 6.10 Å². The molecule has 0 aliphatic carbocycles. The summed E-state index contributed by atoms with van der Waals surface area (Å²) < 4.78 is 0. The van der Waals surface area contributed by atoms with E-state index in [0.29, 0.717) is 6.54 Å². The number of aliphatic hydroxyl groups is 1. The van der Waals surface area contributed by atoms with Crippen molar-refractivity contribution < 1.29 is 9.90 Å². The van der Waals surface area contributed by atoms with E-state index in [9.17, 15) is 9.90 Å². The van der Waals surface area contributed by atoms with Crippen LogP contribution in [-0.2, 0) is 4.79 Å². The molecule has 1 heterocycles. The number of amides is 1. The molecular weight excluding hydrogens is 228 g/mol. The number of carbonyl (C=O) groups excluding carboxylic acids is 1. The van der Waals surface area contributed by atoms with Gasteiger partial charge in [0.1, 0.15) is 0 Å². The second-order valence-corrected chi connectivity index (χ2v) is 4.87. The third kappa shape index (κ3) is 3.31. The second-order valence-electron chi connectivity index (χ2n) is 4.87. The van der Waals surface area contributed by atoms with E-state index in [1.807, 2.05) is 31.2 Å². The van der Waals surface area contributed by atoms with Gasteiger partial charge >= 0.3 is 0 Å². The topological polar surface area (TPSA) is 43.8 Å². The average molecular weight is 248 g/mol. The number of aryl methyl sites for hydroxylation is 1. The molecule has 2 rings (SSSR count). The van der Waals surface area contributed by atoms with Crippen LogP contribution >= 0.6 is 0 Å². The summed E-state index contributed by atoms with van der Waals surface area (Å²) in [5, 5.41) is 10.2. The van der Waals surface area contributed by atoms with Gasteiger partial charge in [-0.25, -0.2) is 0 Å². The van der Waals surface area contributed by atoms with Crippen molar-refractivity contribution in [2.24, 2.45) is 0 Å². The fraction of sp³-hybridized carbons (Fsp3) is 0.500. The Morgan fingerprint density at radius 2 is 1.83 bits per heavy atom. The molecule has 1 saturated heterocycles. The van der Waals surface area contributed by atoms with Gasteiger partial charge in [-0.15, -0.1) is 0 Å². The summed E-state index contributed by atoms with van der Waals surface area (Å²) in [5.74, 6) is 0. The molecule has 18 heavy (non-hydrogen) atoms. The zero-order chi connectivity index (χ0) is 13.0. The molecule has 0 spiro atoms. The van der Waals surface area contributed by atoms with E-state index in [-0.39, 0.29) is 0 Å². The summed E-state index contributed by atoms with van der Waals surface area (Å²) in [7, 11) is 0. The largest absolute Gasteiger partial charge is 0.387 e. The van der Waals surface area contributed by atoms with Crippen molar-refractivity contribution >= 4 is 6.41 Å².